The van der Waals surface area contributed by atoms with E-state index in [0.29, 0.717) is 13.1 Å². The van der Waals surface area contributed by atoms with Crippen molar-refractivity contribution in [2.45, 2.75) is 37.2 Å². The Morgan fingerprint density at radius 3 is 2.60 bits per heavy atom. The maximum atomic E-state index is 13.4. The SMILES string of the molecule is COc1ccc(Cn2c(C)cnc2C2CCCN2S(=O)(=O)c2ccccc2Cl)cc1. The van der Waals surface area contributed by atoms with Crippen LogP contribution in [0.5, 0.6) is 5.75 Å². The normalized spacial score (nSPS) is 17.4. The highest BCUT2D eigenvalue weighted by Crippen LogP contribution is 2.38. The summed E-state index contributed by atoms with van der Waals surface area (Å²) in [4.78, 5) is 4.75. The molecule has 8 heteroatoms. The molecule has 2 heterocycles. The Balaban J connectivity index is 1.67. The molecule has 0 N–H and O–H groups in total. The van der Waals surface area contributed by atoms with Crippen LogP contribution < -0.4 is 4.74 Å². The minimum atomic E-state index is -3.72. The number of aryl methyl sites for hydroxylation is 1. The molecule has 1 aliphatic heterocycles. The molecule has 3 aromatic rings. The lowest BCUT2D eigenvalue weighted by Gasteiger charge is -2.25. The molecule has 1 aromatic heterocycles. The Labute approximate surface area is 182 Å². The monoisotopic (exact) mass is 445 g/mol. The van der Waals surface area contributed by atoms with E-state index in [0.717, 1.165) is 35.7 Å². The number of imidazole rings is 1. The summed E-state index contributed by atoms with van der Waals surface area (Å²) < 4.78 is 35.6. The zero-order chi connectivity index (χ0) is 21.3. The van der Waals surface area contributed by atoms with E-state index < -0.39 is 10.0 Å². The van der Waals surface area contributed by atoms with Gasteiger partial charge in [-0.1, -0.05) is 35.9 Å². The van der Waals surface area contributed by atoms with Crippen LogP contribution in [-0.4, -0.2) is 35.9 Å². The summed E-state index contributed by atoms with van der Waals surface area (Å²) in [6.07, 6.45) is 3.31. The minimum absolute atomic E-state index is 0.142. The molecule has 0 aliphatic carbocycles. The quantitative estimate of drug-likeness (QED) is 0.563. The number of aromatic nitrogens is 2. The van der Waals surface area contributed by atoms with Crippen molar-refractivity contribution in [2.75, 3.05) is 13.7 Å². The van der Waals surface area contributed by atoms with E-state index in [1.165, 1.54) is 0 Å². The molecule has 0 amide bonds. The third-order valence-electron chi connectivity index (χ3n) is 5.51. The maximum Gasteiger partial charge on any atom is 0.245 e. The van der Waals surface area contributed by atoms with Crippen LogP contribution in [0.1, 0.15) is 36.0 Å². The molecule has 1 atom stereocenters. The lowest BCUT2D eigenvalue weighted by molar-refractivity contribution is 0.374. The fraction of sp³-hybridized carbons (Fsp3) is 0.318. The van der Waals surface area contributed by atoms with Crippen molar-refractivity contribution in [1.29, 1.82) is 0 Å². The molecule has 30 heavy (non-hydrogen) atoms. The van der Waals surface area contributed by atoms with Crippen LogP contribution in [0.3, 0.4) is 0 Å². The first-order valence-corrected chi connectivity index (χ1v) is 11.6. The van der Waals surface area contributed by atoms with E-state index in [2.05, 4.69) is 9.55 Å². The van der Waals surface area contributed by atoms with Crippen molar-refractivity contribution in [2.24, 2.45) is 0 Å². The van der Waals surface area contributed by atoms with E-state index >= 15 is 0 Å². The van der Waals surface area contributed by atoms with Gasteiger partial charge in [-0.3, -0.25) is 0 Å². The number of hydrogen-bond donors (Lipinski definition) is 0. The van der Waals surface area contributed by atoms with Crippen LogP contribution in [0.4, 0.5) is 0 Å². The average molecular weight is 446 g/mol. The Morgan fingerprint density at radius 2 is 1.90 bits per heavy atom. The summed E-state index contributed by atoms with van der Waals surface area (Å²) in [5.74, 6) is 1.56. The molecule has 1 fully saturated rings. The molecule has 0 radical (unpaired) electrons. The Kier molecular flexibility index (Phi) is 5.86. The Bertz CT molecular complexity index is 1140. The van der Waals surface area contributed by atoms with Gasteiger partial charge in [-0.15, -0.1) is 0 Å². The van der Waals surface area contributed by atoms with E-state index in [4.69, 9.17) is 16.3 Å². The summed E-state index contributed by atoms with van der Waals surface area (Å²) in [5.41, 5.74) is 2.08. The standard InChI is InChI=1S/C22H24ClN3O3S/c1-16-14-24-22(25(16)15-17-9-11-18(29-2)12-10-17)20-7-5-13-26(20)30(27,28)21-8-4-3-6-19(21)23/h3-4,6,8-12,14,20H,5,7,13,15H2,1-2H3. The molecular formula is C22H24ClN3O3S. The van der Waals surface area contributed by atoms with Crippen LogP contribution >= 0.6 is 11.6 Å². The Hall–Kier alpha value is -2.35. The molecule has 1 unspecified atom stereocenters. The smallest absolute Gasteiger partial charge is 0.245 e. The molecule has 1 saturated heterocycles. The van der Waals surface area contributed by atoms with Gasteiger partial charge in [-0.05, 0) is 49.6 Å². The third-order valence-corrected chi connectivity index (χ3v) is 7.92. The number of halogens is 1. The zero-order valence-electron chi connectivity index (χ0n) is 17.0. The van der Waals surface area contributed by atoms with Gasteiger partial charge in [0.2, 0.25) is 10.0 Å². The van der Waals surface area contributed by atoms with Crippen LogP contribution in [0.15, 0.2) is 59.6 Å². The second-order valence-corrected chi connectivity index (χ2v) is 9.66. The molecule has 0 saturated carbocycles. The van der Waals surface area contributed by atoms with E-state index in [9.17, 15) is 8.42 Å². The topological polar surface area (TPSA) is 64.4 Å². The number of ether oxygens (including phenoxy) is 1. The number of methoxy groups -OCH3 is 1. The van der Waals surface area contributed by atoms with Gasteiger partial charge in [-0.25, -0.2) is 13.4 Å². The highest BCUT2D eigenvalue weighted by Gasteiger charge is 2.39. The van der Waals surface area contributed by atoms with Gasteiger partial charge in [0, 0.05) is 25.0 Å². The fourth-order valence-corrected chi connectivity index (χ4v) is 6.08. The molecule has 0 bridgehead atoms. The number of hydrogen-bond acceptors (Lipinski definition) is 4. The van der Waals surface area contributed by atoms with Crippen molar-refractivity contribution in [3.63, 3.8) is 0 Å². The number of sulfonamides is 1. The fourth-order valence-electron chi connectivity index (χ4n) is 3.93. The summed E-state index contributed by atoms with van der Waals surface area (Å²) in [6.45, 7) is 3.05. The van der Waals surface area contributed by atoms with E-state index in [-0.39, 0.29) is 16.0 Å². The zero-order valence-corrected chi connectivity index (χ0v) is 18.5. The summed E-state index contributed by atoms with van der Waals surface area (Å²) in [7, 11) is -2.08. The second-order valence-electron chi connectivity index (χ2n) is 7.40. The predicted octanol–water partition coefficient (Wildman–Crippen LogP) is 4.43. The molecule has 0 spiro atoms. The van der Waals surface area contributed by atoms with Crippen LogP contribution in [0.25, 0.3) is 0 Å². The van der Waals surface area contributed by atoms with Gasteiger partial charge >= 0.3 is 0 Å². The van der Waals surface area contributed by atoms with Crippen molar-refractivity contribution >= 4 is 21.6 Å². The maximum absolute atomic E-state index is 13.4. The predicted molar refractivity (Wildman–Crippen MR) is 116 cm³/mol. The van der Waals surface area contributed by atoms with Gasteiger partial charge in [0.25, 0.3) is 0 Å². The van der Waals surface area contributed by atoms with Crippen molar-refractivity contribution in [3.05, 3.63) is 76.8 Å². The van der Waals surface area contributed by atoms with Crippen molar-refractivity contribution in [1.82, 2.24) is 13.9 Å². The lowest BCUT2D eigenvalue weighted by Crippen LogP contribution is -2.32. The summed E-state index contributed by atoms with van der Waals surface area (Å²) in [6, 6.07) is 14.1. The molecular weight excluding hydrogens is 422 g/mol. The first kappa shape index (κ1) is 20.9. The van der Waals surface area contributed by atoms with Crippen LogP contribution in [-0.2, 0) is 16.6 Å². The van der Waals surface area contributed by atoms with Gasteiger partial charge < -0.3 is 9.30 Å². The van der Waals surface area contributed by atoms with Crippen LogP contribution in [0.2, 0.25) is 5.02 Å². The third kappa shape index (κ3) is 3.85. The number of benzene rings is 2. The summed E-state index contributed by atoms with van der Waals surface area (Å²) >= 11 is 6.21. The second kappa shape index (κ2) is 8.41. The highest BCUT2D eigenvalue weighted by atomic mass is 35.5. The Morgan fingerprint density at radius 1 is 1.17 bits per heavy atom. The van der Waals surface area contributed by atoms with Gasteiger partial charge in [0.15, 0.2) is 0 Å². The molecule has 2 aromatic carbocycles. The molecule has 4 rings (SSSR count). The molecule has 1 aliphatic rings. The number of rotatable bonds is 6. The van der Waals surface area contributed by atoms with Crippen LogP contribution in [0, 0.1) is 6.92 Å². The van der Waals surface area contributed by atoms with Crippen molar-refractivity contribution < 1.29 is 13.2 Å². The highest BCUT2D eigenvalue weighted by molar-refractivity contribution is 7.89. The first-order chi connectivity index (χ1) is 14.4. The van der Waals surface area contributed by atoms with E-state index in [1.54, 1.807) is 41.9 Å². The van der Waals surface area contributed by atoms with Crippen molar-refractivity contribution in [3.8, 4) is 5.75 Å². The average Bonchev–Trinajstić information content (AvgIpc) is 3.36. The molecule has 6 nitrogen and oxygen atoms in total. The summed E-state index contributed by atoms with van der Waals surface area (Å²) in [5, 5.41) is 0.237. The largest absolute Gasteiger partial charge is 0.497 e. The van der Waals surface area contributed by atoms with Gasteiger partial charge in [0.05, 0.1) is 18.2 Å². The first-order valence-electron chi connectivity index (χ1n) is 9.83. The van der Waals surface area contributed by atoms with E-state index in [1.807, 2.05) is 31.2 Å². The number of nitrogens with zero attached hydrogens (tertiary/aromatic N) is 3. The van der Waals surface area contributed by atoms with Gasteiger partial charge in [0.1, 0.15) is 16.5 Å². The lowest BCUT2D eigenvalue weighted by atomic mass is 10.2. The van der Waals surface area contributed by atoms with Gasteiger partial charge in [-0.2, -0.15) is 4.31 Å². The minimum Gasteiger partial charge on any atom is -0.497 e. The molecule has 158 valence electrons.